The summed E-state index contributed by atoms with van der Waals surface area (Å²) >= 11 is -0.0493. The van der Waals surface area contributed by atoms with Crippen LogP contribution in [0.25, 0.3) is 0 Å². The van der Waals surface area contributed by atoms with E-state index < -0.39 is 0 Å². The second kappa shape index (κ2) is 3.82. The molecular formula is C11H16BIO2. The molecule has 2 rings (SSSR count). The first-order chi connectivity index (χ1) is 6.92. The molecule has 2 aliphatic rings. The van der Waals surface area contributed by atoms with Gasteiger partial charge >= 0.3 is 7.12 Å². The summed E-state index contributed by atoms with van der Waals surface area (Å²) in [5.74, 6) is 0. The average Bonchev–Trinajstić information content (AvgIpc) is 2.38. The Morgan fingerprint density at radius 3 is 2.13 bits per heavy atom. The van der Waals surface area contributed by atoms with E-state index in [2.05, 4.69) is 49.9 Å². The highest BCUT2D eigenvalue weighted by Gasteiger charge is 2.52. The fraction of sp³-hybridized carbons (Fsp3) is 0.545. The highest BCUT2D eigenvalue weighted by molar-refractivity contribution is 14.2. The van der Waals surface area contributed by atoms with Gasteiger partial charge in [-0.05, 0) is 31.7 Å². The summed E-state index contributed by atoms with van der Waals surface area (Å²) in [7, 11) is -0.135. The first-order valence-corrected chi connectivity index (χ1v) is 7.44. The quantitative estimate of drug-likeness (QED) is 0.547. The summed E-state index contributed by atoms with van der Waals surface area (Å²) < 4.78 is 15.5. The van der Waals surface area contributed by atoms with Gasteiger partial charge in [-0.15, -0.1) is 0 Å². The maximum Gasteiger partial charge on any atom is 0.500 e. The standard InChI is InChI=1S/C11H16BIO2/c1-10(2)11(3,4)15-12(14-10)9-7-5-6-8-13-9/h5-8H,1-4H3. The van der Waals surface area contributed by atoms with E-state index in [4.69, 9.17) is 9.31 Å². The van der Waals surface area contributed by atoms with Crippen LogP contribution in [-0.4, -0.2) is 22.3 Å². The number of rotatable bonds is 1. The summed E-state index contributed by atoms with van der Waals surface area (Å²) in [6.45, 7) is 8.37. The normalized spacial score (nSPS) is 27.5. The molecule has 1 fully saturated rings. The molecule has 0 N–H and O–H groups in total. The number of allylic oxidation sites excluding steroid dienone is 3. The number of halogens is 1. The highest BCUT2D eigenvalue weighted by atomic mass is 127. The van der Waals surface area contributed by atoms with Crippen LogP contribution in [0, 0.1) is 0 Å². The molecule has 15 heavy (non-hydrogen) atoms. The van der Waals surface area contributed by atoms with Crippen molar-refractivity contribution in [3.63, 3.8) is 0 Å². The first kappa shape index (κ1) is 11.5. The largest absolute Gasteiger partial charge is 0.500 e. The van der Waals surface area contributed by atoms with Gasteiger partial charge in [0.25, 0.3) is 0 Å². The molecule has 2 nitrogen and oxygen atoms in total. The summed E-state index contributed by atoms with van der Waals surface area (Å²) in [4.78, 5) is 0. The van der Waals surface area contributed by atoms with Gasteiger partial charge in [0.1, 0.15) is 0 Å². The third-order valence-corrected chi connectivity index (χ3v) is 5.47. The molecule has 0 aliphatic carbocycles. The van der Waals surface area contributed by atoms with Gasteiger partial charge in [0.15, 0.2) is 0 Å². The Labute approximate surface area is 102 Å². The number of hydrogen-bond acceptors (Lipinski definition) is 2. The lowest BCUT2D eigenvalue weighted by Gasteiger charge is -2.32. The minimum Gasteiger partial charge on any atom is -0.399 e. The molecule has 0 aromatic carbocycles. The molecule has 0 aromatic heterocycles. The zero-order valence-electron chi connectivity index (χ0n) is 9.58. The topological polar surface area (TPSA) is 18.5 Å². The second-order valence-corrected chi connectivity index (χ2v) is 7.35. The lowest BCUT2D eigenvalue weighted by molar-refractivity contribution is 0.00578. The van der Waals surface area contributed by atoms with Crippen molar-refractivity contribution in [2.45, 2.75) is 38.9 Å². The van der Waals surface area contributed by atoms with Crippen LogP contribution in [0.1, 0.15) is 27.7 Å². The van der Waals surface area contributed by atoms with Crippen LogP contribution >= 0.6 is 20.7 Å². The van der Waals surface area contributed by atoms with Gasteiger partial charge in [-0.25, -0.2) is 0 Å². The predicted octanol–water partition coefficient (Wildman–Crippen LogP) is 2.84. The molecule has 2 heterocycles. The van der Waals surface area contributed by atoms with E-state index in [1.165, 1.54) is 3.48 Å². The molecule has 82 valence electrons. The molecular weight excluding hydrogens is 302 g/mol. The van der Waals surface area contributed by atoms with Crippen molar-refractivity contribution in [2.24, 2.45) is 0 Å². The molecule has 0 atom stereocenters. The van der Waals surface area contributed by atoms with Crippen molar-refractivity contribution in [1.29, 1.82) is 0 Å². The molecule has 0 spiro atoms. The fourth-order valence-corrected chi connectivity index (χ4v) is 3.25. The minimum absolute atomic E-state index is 0.0493. The van der Waals surface area contributed by atoms with Crippen LogP contribution < -0.4 is 0 Å². The van der Waals surface area contributed by atoms with E-state index in [1.54, 1.807) is 0 Å². The van der Waals surface area contributed by atoms with Gasteiger partial charge in [0.2, 0.25) is 0 Å². The predicted molar refractivity (Wildman–Crippen MR) is 73.4 cm³/mol. The summed E-state index contributed by atoms with van der Waals surface area (Å²) in [6.07, 6.45) is 6.29. The van der Waals surface area contributed by atoms with Gasteiger partial charge in [0, 0.05) is 3.48 Å². The molecule has 0 unspecified atom stereocenters. The fourth-order valence-electron chi connectivity index (χ4n) is 1.42. The Morgan fingerprint density at radius 2 is 1.67 bits per heavy atom. The molecule has 0 saturated carbocycles. The van der Waals surface area contributed by atoms with Crippen molar-refractivity contribution in [3.05, 3.63) is 21.7 Å². The third-order valence-electron chi connectivity index (χ3n) is 3.11. The summed E-state index contributed by atoms with van der Waals surface area (Å²) in [5, 5.41) is 0. The molecule has 1 saturated heterocycles. The van der Waals surface area contributed by atoms with Crippen LogP contribution in [0.2, 0.25) is 0 Å². The van der Waals surface area contributed by atoms with Crippen LogP contribution in [0.15, 0.2) is 21.7 Å². The van der Waals surface area contributed by atoms with Crippen LogP contribution in [0.4, 0.5) is 0 Å². The van der Waals surface area contributed by atoms with E-state index in [-0.39, 0.29) is 39.1 Å². The van der Waals surface area contributed by atoms with E-state index in [0.29, 0.717) is 0 Å². The molecule has 4 heteroatoms. The lowest BCUT2D eigenvalue weighted by atomic mass is 9.90. The Kier molecular flexibility index (Phi) is 2.94. The first-order valence-electron chi connectivity index (χ1n) is 5.11. The van der Waals surface area contributed by atoms with Gasteiger partial charge < -0.3 is 9.31 Å². The Bertz CT molecular complexity index is 340. The Balaban J connectivity index is 2.20. The van der Waals surface area contributed by atoms with Crippen molar-refractivity contribution >= 4 is 31.9 Å². The summed E-state index contributed by atoms with van der Waals surface area (Å²) in [6, 6.07) is 0. The molecule has 0 bridgehead atoms. The maximum absolute atomic E-state index is 5.99. The molecule has 0 amide bonds. The maximum atomic E-state index is 5.99. The van der Waals surface area contributed by atoms with Crippen molar-refractivity contribution in [3.8, 4) is 0 Å². The van der Waals surface area contributed by atoms with Gasteiger partial charge in [-0.2, -0.15) is 0 Å². The van der Waals surface area contributed by atoms with Crippen molar-refractivity contribution in [1.82, 2.24) is 0 Å². The monoisotopic (exact) mass is 318 g/mol. The molecule has 2 aliphatic heterocycles. The van der Waals surface area contributed by atoms with Gasteiger partial charge in [0.05, 0.1) is 11.2 Å². The van der Waals surface area contributed by atoms with Crippen LogP contribution in [0.5, 0.6) is 0 Å². The minimum atomic E-state index is -0.219. The smallest absolute Gasteiger partial charge is 0.399 e. The zero-order valence-corrected chi connectivity index (χ0v) is 11.7. The van der Waals surface area contributed by atoms with E-state index in [9.17, 15) is 0 Å². The van der Waals surface area contributed by atoms with Crippen molar-refractivity contribution in [2.75, 3.05) is 0 Å². The second-order valence-electron chi connectivity index (χ2n) is 4.76. The van der Waals surface area contributed by atoms with E-state index in [1.807, 2.05) is 0 Å². The Hall–Kier alpha value is 0.0649. The van der Waals surface area contributed by atoms with Crippen LogP contribution in [0.3, 0.4) is 0 Å². The lowest BCUT2D eigenvalue weighted by Crippen LogP contribution is -2.41. The molecule has 0 aromatic rings. The van der Waals surface area contributed by atoms with Crippen LogP contribution in [-0.2, 0) is 9.31 Å². The van der Waals surface area contributed by atoms with E-state index in [0.717, 1.165) is 0 Å². The van der Waals surface area contributed by atoms with Gasteiger partial charge in [-0.3, -0.25) is 0 Å². The zero-order chi connectivity index (χ0) is 11.1. The highest BCUT2D eigenvalue weighted by Crippen LogP contribution is 2.40. The van der Waals surface area contributed by atoms with Gasteiger partial charge in [-0.1, -0.05) is 39.0 Å². The third kappa shape index (κ3) is 2.12. The van der Waals surface area contributed by atoms with E-state index >= 15 is 0 Å². The average molecular weight is 318 g/mol. The van der Waals surface area contributed by atoms with Crippen molar-refractivity contribution < 1.29 is 9.31 Å². The SMILES string of the molecule is CC1(C)OB(C2=CC=CC=I2)OC1(C)C. The Morgan fingerprint density at radius 1 is 1.07 bits per heavy atom. The number of hydrogen-bond donors (Lipinski definition) is 0. The molecule has 0 radical (unpaired) electrons. The summed E-state index contributed by atoms with van der Waals surface area (Å²) in [5.41, 5.74) is -0.438.